The van der Waals surface area contributed by atoms with Crippen molar-refractivity contribution in [1.82, 2.24) is 14.9 Å². The molecule has 0 aliphatic carbocycles. The second-order valence-corrected chi connectivity index (χ2v) is 4.89. The van der Waals surface area contributed by atoms with Crippen LogP contribution in [0, 0.1) is 0 Å². The Bertz CT molecular complexity index is 591. The van der Waals surface area contributed by atoms with Crippen molar-refractivity contribution in [2.24, 2.45) is 5.73 Å². The molecule has 1 aromatic heterocycles. The summed E-state index contributed by atoms with van der Waals surface area (Å²) in [6.45, 7) is 5.44. The van der Waals surface area contributed by atoms with E-state index in [-0.39, 0.29) is 11.9 Å². The predicted molar refractivity (Wildman–Crippen MR) is 80.4 cm³/mol. The number of fused-ring (bicyclic) bond motifs is 1. The fraction of sp³-hybridized carbons (Fsp3) is 0.467. The number of para-hydroxylation sites is 2. The zero-order valence-electron chi connectivity index (χ0n) is 12.1. The summed E-state index contributed by atoms with van der Waals surface area (Å²) in [5.74, 6) is 0.661. The maximum absolute atomic E-state index is 11.6. The number of carbonyl (C=O) groups excluding carboxylic acids is 1. The Kier molecular flexibility index (Phi) is 4.74. The molecule has 1 aromatic carbocycles. The summed E-state index contributed by atoms with van der Waals surface area (Å²) >= 11 is 0. The van der Waals surface area contributed by atoms with E-state index < -0.39 is 0 Å². The second kappa shape index (κ2) is 6.52. The van der Waals surface area contributed by atoms with Crippen molar-refractivity contribution in [2.45, 2.75) is 39.3 Å². The number of nitrogens with two attached hydrogens (primary N) is 1. The number of benzene rings is 1. The van der Waals surface area contributed by atoms with Crippen molar-refractivity contribution in [3.05, 3.63) is 30.1 Å². The number of nitrogens with zero attached hydrogens (tertiary/aromatic N) is 2. The molecule has 1 unspecified atom stereocenters. The van der Waals surface area contributed by atoms with Crippen LogP contribution in [0.25, 0.3) is 11.0 Å². The highest BCUT2D eigenvalue weighted by Gasteiger charge is 2.18. The highest BCUT2D eigenvalue weighted by Crippen LogP contribution is 2.17. The van der Waals surface area contributed by atoms with Crippen LogP contribution in [0.3, 0.4) is 0 Å². The van der Waals surface area contributed by atoms with E-state index in [1.165, 1.54) is 0 Å². The van der Waals surface area contributed by atoms with E-state index in [1.54, 1.807) is 0 Å². The van der Waals surface area contributed by atoms with Crippen molar-refractivity contribution < 1.29 is 4.79 Å². The molecule has 0 spiro atoms. The van der Waals surface area contributed by atoms with Gasteiger partial charge in [0.1, 0.15) is 11.9 Å². The van der Waals surface area contributed by atoms with E-state index in [0.29, 0.717) is 6.54 Å². The number of amides is 1. The van der Waals surface area contributed by atoms with Gasteiger partial charge in [0.25, 0.3) is 0 Å². The third kappa shape index (κ3) is 2.99. The number of hydrogen-bond acceptors (Lipinski definition) is 3. The van der Waals surface area contributed by atoms with Gasteiger partial charge in [-0.05, 0) is 25.1 Å². The van der Waals surface area contributed by atoms with Crippen molar-refractivity contribution in [3.8, 4) is 0 Å². The molecule has 0 aliphatic rings. The largest absolute Gasteiger partial charge is 0.368 e. The molecule has 0 radical (unpaired) electrons. The fourth-order valence-corrected chi connectivity index (χ4v) is 2.36. The summed E-state index contributed by atoms with van der Waals surface area (Å²) in [6, 6.07) is 7.61. The summed E-state index contributed by atoms with van der Waals surface area (Å²) in [6.07, 6.45) is 1.79. The highest BCUT2D eigenvalue weighted by atomic mass is 16.1. The van der Waals surface area contributed by atoms with E-state index >= 15 is 0 Å². The Labute approximate surface area is 119 Å². The smallest absolute Gasteiger partial charge is 0.236 e. The van der Waals surface area contributed by atoms with Gasteiger partial charge in [0.05, 0.1) is 11.0 Å². The molecule has 2 aromatic rings. The standard InChI is InChI=1S/C15H22N4O/c1-3-9-17-12(15(16)20)10-19-13-8-6-5-7-11(13)18-14(19)4-2/h5-8,12,17H,3-4,9-10H2,1-2H3,(H2,16,20). The zero-order chi connectivity index (χ0) is 14.5. The first-order valence-electron chi connectivity index (χ1n) is 7.14. The Balaban J connectivity index is 2.32. The van der Waals surface area contributed by atoms with Crippen molar-refractivity contribution in [1.29, 1.82) is 0 Å². The number of rotatable bonds is 7. The first-order chi connectivity index (χ1) is 9.67. The van der Waals surface area contributed by atoms with Gasteiger partial charge in [0.2, 0.25) is 5.91 Å². The predicted octanol–water partition coefficient (Wildman–Crippen LogP) is 1.45. The van der Waals surface area contributed by atoms with Gasteiger partial charge in [-0.3, -0.25) is 4.79 Å². The monoisotopic (exact) mass is 274 g/mol. The molecule has 0 bridgehead atoms. The highest BCUT2D eigenvalue weighted by molar-refractivity contribution is 5.80. The molecule has 2 rings (SSSR count). The maximum Gasteiger partial charge on any atom is 0.236 e. The Morgan fingerprint density at radius 1 is 1.40 bits per heavy atom. The zero-order valence-corrected chi connectivity index (χ0v) is 12.1. The summed E-state index contributed by atoms with van der Waals surface area (Å²) in [7, 11) is 0. The number of aromatic nitrogens is 2. The quantitative estimate of drug-likeness (QED) is 0.802. The summed E-state index contributed by atoms with van der Waals surface area (Å²) < 4.78 is 2.09. The fourth-order valence-electron chi connectivity index (χ4n) is 2.36. The van der Waals surface area contributed by atoms with E-state index in [4.69, 9.17) is 5.73 Å². The van der Waals surface area contributed by atoms with E-state index in [1.807, 2.05) is 24.3 Å². The van der Waals surface area contributed by atoms with E-state index in [9.17, 15) is 4.79 Å². The number of aryl methyl sites for hydroxylation is 1. The van der Waals surface area contributed by atoms with Gasteiger partial charge in [-0.25, -0.2) is 4.98 Å². The van der Waals surface area contributed by atoms with Crippen LogP contribution in [0.5, 0.6) is 0 Å². The second-order valence-electron chi connectivity index (χ2n) is 4.89. The molecular formula is C15H22N4O. The molecule has 20 heavy (non-hydrogen) atoms. The molecule has 0 aliphatic heterocycles. The molecule has 1 atom stereocenters. The van der Waals surface area contributed by atoms with Gasteiger partial charge in [0.15, 0.2) is 0 Å². The molecule has 1 amide bonds. The van der Waals surface area contributed by atoms with Gasteiger partial charge in [-0.2, -0.15) is 0 Å². The van der Waals surface area contributed by atoms with E-state index in [2.05, 4.69) is 28.7 Å². The average Bonchev–Trinajstić information content (AvgIpc) is 2.81. The number of imidazole rings is 1. The third-order valence-electron chi connectivity index (χ3n) is 3.40. The summed E-state index contributed by atoms with van der Waals surface area (Å²) in [4.78, 5) is 16.2. The Morgan fingerprint density at radius 3 is 2.80 bits per heavy atom. The molecular weight excluding hydrogens is 252 g/mol. The number of hydrogen-bond donors (Lipinski definition) is 2. The maximum atomic E-state index is 11.6. The number of carbonyl (C=O) groups is 1. The summed E-state index contributed by atoms with van der Waals surface area (Å²) in [5, 5.41) is 3.20. The first-order valence-corrected chi connectivity index (χ1v) is 7.14. The number of nitrogens with one attached hydrogen (secondary N) is 1. The molecule has 1 heterocycles. The molecule has 108 valence electrons. The van der Waals surface area contributed by atoms with Crippen molar-refractivity contribution >= 4 is 16.9 Å². The van der Waals surface area contributed by atoms with E-state index in [0.717, 1.165) is 36.2 Å². The lowest BCUT2D eigenvalue weighted by Gasteiger charge is -2.17. The minimum absolute atomic E-state index is 0.321. The van der Waals surface area contributed by atoms with Gasteiger partial charge < -0.3 is 15.6 Å². The van der Waals surface area contributed by atoms with Crippen LogP contribution in [0.2, 0.25) is 0 Å². The van der Waals surface area contributed by atoms with Crippen LogP contribution in [-0.2, 0) is 17.8 Å². The summed E-state index contributed by atoms with van der Waals surface area (Å²) in [5.41, 5.74) is 7.51. The Hall–Kier alpha value is -1.88. The molecule has 3 N–H and O–H groups in total. The lowest BCUT2D eigenvalue weighted by molar-refractivity contribution is -0.120. The van der Waals surface area contributed by atoms with Crippen LogP contribution in [-0.4, -0.2) is 28.0 Å². The van der Waals surface area contributed by atoms with Crippen LogP contribution in [0.4, 0.5) is 0 Å². The van der Waals surface area contributed by atoms with Crippen LogP contribution in [0.1, 0.15) is 26.1 Å². The SMILES string of the molecule is CCCNC(Cn1c(CC)nc2ccccc21)C(N)=O. The molecule has 0 fully saturated rings. The molecule has 0 saturated carbocycles. The molecule has 5 heteroatoms. The average molecular weight is 274 g/mol. The minimum Gasteiger partial charge on any atom is -0.368 e. The molecule has 0 saturated heterocycles. The van der Waals surface area contributed by atoms with Crippen molar-refractivity contribution in [2.75, 3.05) is 6.54 Å². The minimum atomic E-state index is -0.363. The van der Waals surface area contributed by atoms with Gasteiger partial charge in [-0.1, -0.05) is 26.0 Å². The number of primary amides is 1. The molecule has 5 nitrogen and oxygen atoms in total. The van der Waals surface area contributed by atoms with Gasteiger partial charge in [0, 0.05) is 13.0 Å². The van der Waals surface area contributed by atoms with Gasteiger partial charge in [-0.15, -0.1) is 0 Å². The van der Waals surface area contributed by atoms with Crippen LogP contribution < -0.4 is 11.1 Å². The topological polar surface area (TPSA) is 72.9 Å². The Morgan fingerprint density at radius 2 is 2.15 bits per heavy atom. The van der Waals surface area contributed by atoms with Crippen LogP contribution in [0.15, 0.2) is 24.3 Å². The normalized spacial score (nSPS) is 12.7. The third-order valence-corrected chi connectivity index (χ3v) is 3.40. The van der Waals surface area contributed by atoms with Crippen molar-refractivity contribution in [3.63, 3.8) is 0 Å². The first kappa shape index (κ1) is 14.5. The lowest BCUT2D eigenvalue weighted by atomic mass is 10.2. The van der Waals surface area contributed by atoms with Gasteiger partial charge >= 0.3 is 0 Å². The lowest BCUT2D eigenvalue weighted by Crippen LogP contribution is -2.44. The van der Waals surface area contributed by atoms with Crippen LogP contribution >= 0.6 is 0 Å².